The van der Waals surface area contributed by atoms with Crippen molar-refractivity contribution < 1.29 is 22.6 Å². The summed E-state index contributed by atoms with van der Waals surface area (Å²) >= 11 is 0. The number of ether oxygens (including phenoxy) is 3. The van der Waals surface area contributed by atoms with Gasteiger partial charge in [0.2, 0.25) is 0 Å². The predicted octanol–water partition coefficient (Wildman–Crippen LogP) is 1.05. The first-order valence-corrected chi connectivity index (χ1v) is 8.72. The largest absolute Gasteiger partial charge is 0.372 e. The van der Waals surface area contributed by atoms with Crippen molar-refractivity contribution in [2.75, 3.05) is 13.2 Å². The zero-order chi connectivity index (χ0) is 16.3. The molecule has 0 spiro atoms. The SMILES string of the molecule is [B]C1(S(=O)(=O)C(C)(C)C)CO[C@@H]2C(OC(C)(C)C)CO[C@@H]21. The molecule has 0 N–H and O–H groups in total. The maximum atomic E-state index is 12.8. The molecule has 4 atom stereocenters. The highest BCUT2D eigenvalue weighted by Gasteiger charge is 2.62. The summed E-state index contributed by atoms with van der Waals surface area (Å²) in [4.78, 5) is 0. The van der Waals surface area contributed by atoms with Crippen molar-refractivity contribution in [1.82, 2.24) is 0 Å². The average Bonchev–Trinajstić information content (AvgIpc) is 2.79. The molecule has 0 aliphatic carbocycles. The van der Waals surface area contributed by atoms with Crippen LogP contribution in [0, 0.1) is 0 Å². The summed E-state index contributed by atoms with van der Waals surface area (Å²) in [7, 11) is 2.62. The van der Waals surface area contributed by atoms with E-state index in [4.69, 9.17) is 22.1 Å². The van der Waals surface area contributed by atoms with Crippen LogP contribution < -0.4 is 0 Å². The zero-order valence-corrected chi connectivity index (χ0v) is 14.5. The van der Waals surface area contributed by atoms with Crippen molar-refractivity contribution >= 4 is 17.7 Å². The molecule has 0 aromatic heterocycles. The van der Waals surface area contributed by atoms with Crippen molar-refractivity contribution in [3.05, 3.63) is 0 Å². The van der Waals surface area contributed by atoms with Gasteiger partial charge in [0.1, 0.15) is 20.1 Å². The second-order valence-electron chi connectivity index (χ2n) is 7.87. The van der Waals surface area contributed by atoms with Crippen LogP contribution in [0.25, 0.3) is 0 Å². The molecule has 120 valence electrons. The van der Waals surface area contributed by atoms with E-state index in [-0.39, 0.29) is 18.3 Å². The average molecular weight is 316 g/mol. The van der Waals surface area contributed by atoms with Crippen LogP contribution >= 0.6 is 0 Å². The Morgan fingerprint density at radius 1 is 1.14 bits per heavy atom. The zero-order valence-electron chi connectivity index (χ0n) is 13.7. The molecular weight excluding hydrogens is 291 g/mol. The van der Waals surface area contributed by atoms with E-state index < -0.39 is 31.4 Å². The molecule has 0 saturated carbocycles. The van der Waals surface area contributed by atoms with E-state index in [9.17, 15) is 8.42 Å². The Hall–Kier alpha value is -0.105. The minimum absolute atomic E-state index is 0.0636. The molecule has 2 fully saturated rings. The van der Waals surface area contributed by atoms with E-state index in [2.05, 4.69) is 0 Å². The van der Waals surface area contributed by atoms with Crippen LogP contribution in [-0.4, -0.2) is 62.8 Å². The number of fused-ring (bicyclic) bond motifs is 1. The highest BCUT2D eigenvalue weighted by atomic mass is 32.2. The Morgan fingerprint density at radius 3 is 2.19 bits per heavy atom. The highest BCUT2D eigenvalue weighted by molar-refractivity contribution is 7.95. The molecule has 2 aliphatic heterocycles. The van der Waals surface area contributed by atoms with Gasteiger partial charge in [0.15, 0.2) is 9.84 Å². The Morgan fingerprint density at radius 2 is 1.71 bits per heavy atom. The standard InChI is InChI=1S/C14H25BO5S/c1-12(2,3)20-9-7-18-11-10(9)19-8-14(11,15)21(16,17)13(4,5)6/h9-11H,7-8H2,1-6H3/t9?,10-,11+,14?/m1/s1. The number of hydrogen-bond acceptors (Lipinski definition) is 5. The number of rotatable bonds is 2. The lowest BCUT2D eigenvalue weighted by Gasteiger charge is -2.35. The van der Waals surface area contributed by atoms with Gasteiger partial charge in [-0.1, -0.05) is 0 Å². The van der Waals surface area contributed by atoms with E-state index in [1.165, 1.54) is 0 Å². The second kappa shape index (κ2) is 4.95. The van der Waals surface area contributed by atoms with Gasteiger partial charge in [0.05, 0.1) is 34.3 Å². The van der Waals surface area contributed by atoms with Crippen molar-refractivity contribution in [3.8, 4) is 0 Å². The molecule has 21 heavy (non-hydrogen) atoms. The Kier molecular flexibility index (Phi) is 4.06. The molecule has 7 heteroatoms. The highest BCUT2D eigenvalue weighted by Crippen LogP contribution is 2.42. The normalized spacial score (nSPS) is 37.7. The van der Waals surface area contributed by atoms with Crippen LogP contribution in [0.3, 0.4) is 0 Å². The maximum Gasteiger partial charge on any atom is 0.157 e. The molecule has 0 amide bonds. The van der Waals surface area contributed by atoms with Crippen LogP contribution in [0.15, 0.2) is 0 Å². The third-order valence-electron chi connectivity index (χ3n) is 3.90. The summed E-state index contributed by atoms with van der Waals surface area (Å²) in [6, 6.07) is 0. The first kappa shape index (κ1) is 17.3. The van der Waals surface area contributed by atoms with Crippen LogP contribution in [0.1, 0.15) is 41.5 Å². The second-order valence-corrected chi connectivity index (χ2v) is 10.9. The van der Waals surface area contributed by atoms with E-state index in [1.54, 1.807) is 20.8 Å². The Bertz CT molecular complexity index is 504. The molecule has 0 bridgehead atoms. The molecule has 2 radical (unpaired) electrons. The lowest BCUT2D eigenvalue weighted by molar-refractivity contribution is -0.102. The molecular formula is C14H25BO5S. The molecule has 2 heterocycles. The van der Waals surface area contributed by atoms with Crippen molar-refractivity contribution in [3.63, 3.8) is 0 Å². The van der Waals surface area contributed by atoms with Gasteiger partial charge in [-0.05, 0) is 41.5 Å². The summed E-state index contributed by atoms with van der Waals surface area (Å²) in [6.45, 7) is 11.0. The number of hydrogen-bond donors (Lipinski definition) is 0. The first-order chi connectivity index (χ1) is 9.30. The Balaban J connectivity index is 2.26. The van der Waals surface area contributed by atoms with Crippen molar-refractivity contribution in [1.29, 1.82) is 0 Å². The van der Waals surface area contributed by atoms with E-state index in [0.29, 0.717) is 6.61 Å². The first-order valence-electron chi connectivity index (χ1n) is 7.24. The van der Waals surface area contributed by atoms with Gasteiger partial charge in [0, 0.05) is 0 Å². The quantitative estimate of drug-likeness (QED) is 0.713. The van der Waals surface area contributed by atoms with E-state index in [1.807, 2.05) is 20.8 Å². The summed E-state index contributed by atoms with van der Waals surface area (Å²) in [6.07, 6.45) is -1.42. The predicted molar refractivity (Wildman–Crippen MR) is 81.3 cm³/mol. The summed E-state index contributed by atoms with van der Waals surface area (Å²) in [5.74, 6) is 0. The van der Waals surface area contributed by atoms with Crippen molar-refractivity contribution in [2.45, 2.75) is 74.8 Å². The molecule has 0 aromatic rings. The van der Waals surface area contributed by atoms with E-state index in [0.717, 1.165) is 0 Å². The van der Waals surface area contributed by atoms with Gasteiger partial charge in [-0.2, -0.15) is 0 Å². The molecule has 2 rings (SSSR count). The lowest BCUT2D eigenvalue weighted by atomic mass is 9.81. The molecule has 2 aliphatic rings. The number of sulfone groups is 1. The summed E-state index contributed by atoms with van der Waals surface area (Å²) in [5.41, 5.74) is -0.352. The molecule has 2 unspecified atom stereocenters. The fraction of sp³-hybridized carbons (Fsp3) is 1.00. The third kappa shape index (κ3) is 2.78. The van der Waals surface area contributed by atoms with Gasteiger partial charge >= 0.3 is 0 Å². The van der Waals surface area contributed by atoms with Gasteiger partial charge in [-0.3, -0.25) is 0 Å². The summed E-state index contributed by atoms with van der Waals surface area (Å²) < 4.78 is 40.3. The minimum Gasteiger partial charge on any atom is -0.372 e. The monoisotopic (exact) mass is 316 g/mol. The fourth-order valence-corrected chi connectivity index (χ4v) is 4.73. The lowest BCUT2D eigenvalue weighted by Crippen LogP contribution is -2.56. The van der Waals surface area contributed by atoms with Crippen LogP contribution in [0.2, 0.25) is 0 Å². The van der Waals surface area contributed by atoms with Gasteiger partial charge in [-0.25, -0.2) is 8.42 Å². The fourth-order valence-electron chi connectivity index (χ4n) is 2.86. The van der Waals surface area contributed by atoms with Crippen LogP contribution in [0.5, 0.6) is 0 Å². The van der Waals surface area contributed by atoms with Gasteiger partial charge in [-0.15, -0.1) is 0 Å². The molecule has 2 saturated heterocycles. The van der Waals surface area contributed by atoms with Gasteiger partial charge in [0.25, 0.3) is 0 Å². The maximum absolute atomic E-state index is 12.8. The molecule has 0 aromatic carbocycles. The van der Waals surface area contributed by atoms with Crippen LogP contribution in [-0.2, 0) is 24.0 Å². The smallest absolute Gasteiger partial charge is 0.157 e. The summed E-state index contributed by atoms with van der Waals surface area (Å²) in [5, 5.41) is 0. The Labute approximate surface area is 129 Å². The van der Waals surface area contributed by atoms with Crippen LogP contribution in [0.4, 0.5) is 0 Å². The minimum atomic E-state index is -3.62. The van der Waals surface area contributed by atoms with Crippen molar-refractivity contribution in [2.24, 2.45) is 0 Å². The molecule has 5 nitrogen and oxygen atoms in total. The van der Waals surface area contributed by atoms with E-state index >= 15 is 0 Å². The van der Waals surface area contributed by atoms with Gasteiger partial charge < -0.3 is 14.2 Å². The third-order valence-corrected chi connectivity index (χ3v) is 6.86. The topological polar surface area (TPSA) is 61.8 Å².